The third kappa shape index (κ3) is 2.63. The maximum absolute atomic E-state index is 6.28. The van der Waals surface area contributed by atoms with Crippen molar-refractivity contribution in [2.45, 2.75) is 37.8 Å². The second-order valence-corrected chi connectivity index (χ2v) is 6.69. The van der Waals surface area contributed by atoms with E-state index >= 15 is 0 Å². The van der Waals surface area contributed by atoms with Crippen LogP contribution in [0.5, 0.6) is 0 Å². The van der Waals surface area contributed by atoms with Crippen LogP contribution in [-0.4, -0.2) is 24.0 Å². The lowest BCUT2D eigenvalue weighted by Gasteiger charge is -2.27. The smallest absolute Gasteiger partial charge is 0.0307 e. The van der Waals surface area contributed by atoms with Crippen molar-refractivity contribution in [3.05, 3.63) is 34.3 Å². The minimum atomic E-state index is 0.178. The molecule has 2 bridgehead atoms. The van der Waals surface area contributed by atoms with E-state index in [1.54, 1.807) is 0 Å². The lowest BCUT2D eigenvalue weighted by Crippen LogP contribution is -2.34. The van der Waals surface area contributed by atoms with Gasteiger partial charge >= 0.3 is 0 Å². The Morgan fingerprint density at radius 2 is 2.06 bits per heavy atom. The lowest BCUT2D eigenvalue weighted by molar-refractivity contribution is 0.206. The van der Waals surface area contributed by atoms with Crippen LogP contribution in [0.1, 0.15) is 37.3 Å². The molecule has 0 aromatic heterocycles. The van der Waals surface area contributed by atoms with Gasteiger partial charge in [-0.3, -0.25) is 0 Å². The molecule has 3 unspecified atom stereocenters. The van der Waals surface area contributed by atoms with Crippen molar-refractivity contribution in [3.8, 4) is 0 Å². The molecule has 2 nitrogen and oxygen atoms in total. The summed E-state index contributed by atoms with van der Waals surface area (Å²) in [4.78, 5) is 2.66. The van der Waals surface area contributed by atoms with Gasteiger partial charge in [-0.25, -0.2) is 0 Å². The average Bonchev–Trinajstić information content (AvgIpc) is 2.99. The molecule has 1 aromatic carbocycles. The topological polar surface area (TPSA) is 29.3 Å². The summed E-state index contributed by atoms with van der Waals surface area (Å²) in [5.41, 5.74) is 7.53. The zero-order valence-electron chi connectivity index (χ0n) is 10.7. The SMILES string of the molecule is NC(CCN1CC2CCC1C2)c1ccc(Br)cc1. The average molecular weight is 309 g/mol. The van der Waals surface area contributed by atoms with E-state index in [1.165, 1.54) is 37.9 Å². The van der Waals surface area contributed by atoms with Crippen molar-refractivity contribution >= 4 is 15.9 Å². The monoisotopic (exact) mass is 308 g/mol. The Hall–Kier alpha value is -0.380. The zero-order chi connectivity index (χ0) is 12.5. The fourth-order valence-corrected chi connectivity index (χ4v) is 3.75. The quantitative estimate of drug-likeness (QED) is 0.924. The Kier molecular flexibility index (Phi) is 3.73. The normalized spacial score (nSPS) is 28.8. The van der Waals surface area contributed by atoms with Crippen molar-refractivity contribution in [1.82, 2.24) is 4.90 Å². The molecule has 1 aliphatic carbocycles. The highest BCUT2D eigenvalue weighted by Gasteiger charge is 2.37. The number of rotatable bonds is 4. The molecule has 1 saturated carbocycles. The highest BCUT2D eigenvalue weighted by molar-refractivity contribution is 9.10. The Morgan fingerprint density at radius 1 is 1.28 bits per heavy atom. The molecule has 2 aliphatic rings. The molecule has 3 rings (SSSR count). The van der Waals surface area contributed by atoms with Gasteiger partial charge in [-0.2, -0.15) is 0 Å². The van der Waals surface area contributed by atoms with Crippen molar-refractivity contribution in [1.29, 1.82) is 0 Å². The molecule has 1 aromatic rings. The van der Waals surface area contributed by atoms with Crippen LogP contribution in [-0.2, 0) is 0 Å². The number of piperidine rings is 1. The van der Waals surface area contributed by atoms with Gasteiger partial charge < -0.3 is 10.6 Å². The van der Waals surface area contributed by atoms with Crippen molar-refractivity contribution in [2.75, 3.05) is 13.1 Å². The van der Waals surface area contributed by atoms with Gasteiger partial charge in [0.1, 0.15) is 0 Å². The minimum Gasteiger partial charge on any atom is -0.324 e. The van der Waals surface area contributed by atoms with E-state index < -0.39 is 0 Å². The molecule has 0 spiro atoms. The lowest BCUT2D eigenvalue weighted by atomic mass is 10.0. The highest BCUT2D eigenvalue weighted by Crippen LogP contribution is 2.37. The van der Waals surface area contributed by atoms with Crippen LogP contribution in [0, 0.1) is 5.92 Å². The number of benzene rings is 1. The molecule has 1 aliphatic heterocycles. The Bertz CT molecular complexity index is 403. The van der Waals surface area contributed by atoms with Gasteiger partial charge in [-0.05, 0) is 49.3 Å². The van der Waals surface area contributed by atoms with Gasteiger partial charge in [-0.15, -0.1) is 0 Å². The van der Waals surface area contributed by atoms with Gasteiger partial charge in [0.05, 0.1) is 0 Å². The molecular weight excluding hydrogens is 288 g/mol. The van der Waals surface area contributed by atoms with Gasteiger partial charge in [0, 0.05) is 29.6 Å². The number of hydrogen-bond donors (Lipinski definition) is 1. The summed E-state index contributed by atoms with van der Waals surface area (Å²) >= 11 is 3.46. The Labute approximate surface area is 118 Å². The molecule has 3 heteroatoms. The van der Waals surface area contributed by atoms with Gasteiger partial charge in [-0.1, -0.05) is 28.1 Å². The molecule has 0 radical (unpaired) electrons. The molecular formula is C15H21BrN2. The summed E-state index contributed by atoms with van der Waals surface area (Å²) in [7, 11) is 0. The standard InChI is InChI=1S/C15H21BrN2/c16-13-4-2-12(3-5-13)15(17)7-8-18-10-11-1-6-14(18)9-11/h2-5,11,14-15H,1,6-10,17H2. The number of hydrogen-bond acceptors (Lipinski definition) is 2. The fraction of sp³-hybridized carbons (Fsp3) is 0.600. The summed E-state index contributed by atoms with van der Waals surface area (Å²) in [6.07, 6.45) is 5.39. The zero-order valence-corrected chi connectivity index (χ0v) is 12.3. The third-order valence-corrected chi connectivity index (χ3v) is 5.08. The van der Waals surface area contributed by atoms with E-state index in [1.807, 2.05) is 0 Å². The number of nitrogens with zero attached hydrogens (tertiary/aromatic N) is 1. The summed E-state index contributed by atoms with van der Waals surface area (Å²) in [6.45, 7) is 2.48. The van der Waals surface area contributed by atoms with E-state index in [9.17, 15) is 0 Å². The van der Waals surface area contributed by atoms with Crippen LogP contribution in [0.15, 0.2) is 28.7 Å². The second-order valence-electron chi connectivity index (χ2n) is 5.77. The molecule has 1 saturated heterocycles. The molecule has 0 amide bonds. The first-order valence-electron chi connectivity index (χ1n) is 6.97. The first-order chi connectivity index (χ1) is 8.72. The first kappa shape index (κ1) is 12.6. The van der Waals surface area contributed by atoms with E-state index in [0.29, 0.717) is 0 Å². The molecule has 2 N–H and O–H groups in total. The van der Waals surface area contributed by atoms with Crippen LogP contribution in [0.4, 0.5) is 0 Å². The second kappa shape index (κ2) is 5.32. The van der Waals surface area contributed by atoms with Crippen LogP contribution in [0.25, 0.3) is 0 Å². The van der Waals surface area contributed by atoms with Crippen molar-refractivity contribution < 1.29 is 0 Å². The van der Waals surface area contributed by atoms with Crippen molar-refractivity contribution in [2.24, 2.45) is 11.7 Å². The number of likely N-dealkylation sites (tertiary alicyclic amines) is 1. The molecule has 18 heavy (non-hydrogen) atoms. The third-order valence-electron chi connectivity index (χ3n) is 4.55. The van der Waals surface area contributed by atoms with Crippen LogP contribution >= 0.6 is 15.9 Å². The molecule has 3 atom stereocenters. The summed E-state index contributed by atoms with van der Waals surface area (Å²) < 4.78 is 1.12. The van der Waals surface area contributed by atoms with E-state index in [4.69, 9.17) is 5.73 Å². The maximum Gasteiger partial charge on any atom is 0.0307 e. The summed E-state index contributed by atoms with van der Waals surface area (Å²) in [6, 6.07) is 9.46. The Morgan fingerprint density at radius 3 is 2.67 bits per heavy atom. The van der Waals surface area contributed by atoms with Gasteiger partial charge in [0.2, 0.25) is 0 Å². The first-order valence-corrected chi connectivity index (χ1v) is 7.77. The fourth-order valence-electron chi connectivity index (χ4n) is 3.48. The predicted molar refractivity (Wildman–Crippen MR) is 78.4 cm³/mol. The molecule has 1 heterocycles. The largest absolute Gasteiger partial charge is 0.324 e. The van der Waals surface area contributed by atoms with Crippen LogP contribution in [0.3, 0.4) is 0 Å². The van der Waals surface area contributed by atoms with Gasteiger partial charge in [0.25, 0.3) is 0 Å². The predicted octanol–water partition coefficient (Wildman–Crippen LogP) is 3.32. The van der Waals surface area contributed by atoms with E-state index in [2.05, 4.69) is 45.1 Å². The Balaban J connectivity index is 1.52. The number of nitrogens with two attached hydrogens (primary N) is 1. The van der Waals surface area contributed by atoms with Crippen molar-refractivity contribution in [3.63, 3.8) is 0 Å². The van der Waals surface area contributed by atoms with E-state index in [0.717, 1.165) is 22.9 Å². The summed E-state index contributed by atoms with van der Waals surface area (Å²) in [5, 5.41) is 0. The van der Waals surface area contributed by atoms with E-state index in [-0.39, 0.29) is 6.04 Å². The highest BCUT2D eigenvalue weighted by atomic mass is 79.9. The molecule has 2 fully saturated rings. The van der Waals surface area contributed by atoms with Crippen LogP contribution < -0.4 is 5.73 Å². The number of halogens is 1. The summed E-state index contributed by atoms with van der Waals surface area (Å²) in [5.74, 6) is 0.985. The molecule has 98 valence electrons. The minimum absolute atomic E-state index is 0.178. The maximum atomic E-state index is 6.28. The van der Waals surface area contributed by atoms with Crippen LogP contribution in [0.2, 0.25) is 0 Å². The number of fused-ring (bicyclic) bond motifs is 2. The van der Waals surface area contributed by atoms with Gasteiger partial charge in [0.15, 0.2) is 0 Å².